The van der Waals surface area contributed by atoms with Gasteiger partial charge in [-0.05, 0) is 54.6 Å². The molecule has 0 aromatic heterocycles. The summed E-state index contributed by atoms with van der Waals surface area (Å²) in [6.45, 7) is 2.15. The second-order valence-electron chi connectivity index (χ2n) is 7.61. The Hall–Kier alpha value is -3.43. The summed E-state index contributed by atoms with van der Waals surface area (Å²) in [7, 11) is 0. The van der Waals surface area contributed by atoms with Gasteiger partial charge in [0.2, 0.25) is 0 Å². The van der Waals surface area contributed by atoms with E-state index in [1.807, 2.05) is 31.2 Å². The van der Waals surface area contributed by atoms with Gasteiger partial charge >= 0.3 is 0 Å². The summed E-state index contributed by atoms with van der Waals surface area (Å²) < 4.78 is 6.65. The van der Waals surface area contributed by atoms with Gasteiger partial charge in [-0.15, -0.1) is 0 Å². The summed E-state index contributed by atoms with van der Waals surface area (Å²) in [5, 5.41) is 10.9. The second-order valence-corrected chi connectivity index (χ2v) is 9.52. The van der Waals surface area contributed by atoms with Crippen LogP contribution in [-0.2, 0) is 17.9 Å². The van der Waals surface area contributed by atoms with Gasteiger partial charge in [0, 0.05) is 16.1 Å². The first-order chi connectivity index (χ1) is 16.3. The van der Waals surface area contributed by atoms with E-state index in [1.54, 1.807) is 42.5 Å². The van der Waals surface area contributed by atoms with Gasteiger partial charge in [-0.1, -0.05) is 57.9 Å². The molecule has 3 aromatic rings. The van der Waals surface area contributed by atoms with Gasteiger partial charge in [-0.3, -0.25) is 24.6 Å². The number of para-hydroxylation sites is 1. The van der Waals surface area contributed by atoms with E-state index in [-0.39, 0.29) is 34.9 Å². The maximum atomic E-state index is 13.0. The van der Waals surface area contributed by atoms with Crippen LogP contribution < -0.4 is 4.74 Å². The Morgan fingerprint density at radius 3 is 2.56 bits per heavy atom. The van der Waals surface area contributed by atoms with Crippen LogP contribution in [0.2, 0.25) is 0 Å². The maximum absolute atomic E-state index is 13.0. The number of carbonyl (C=O) groups is 2. The minimum Gasteiger partial charge on any atom is -0.488 e. The quantitative estimate of drug-likeness (QED) is 0.194. The summed E-state index contributed by atoms with van der Waals surface area (Å²) in [6, 6.07) is 19.3. The molecule has 2 amide bonds. The molecule has 7 nitrogen and oxygen atoms in total. The molecule has 34 heavy (non-hydrogen) atoms. The van der Waals surface area contributed by atoms with E-state index in [1.165, 1.54) is 11.0 Å². The number of aryl methyl sites for hydroxylation is 1. The topological polar surface area (TPSA) is 89.8 Å². The molecular formula is C25H19BrN2O5S. The number of hydrogen-bond donors (Lipinski definition) is 0. The van der Waals surface area contributed by atoms with Crippen LogP contribution in [0.25, 0.3) is 6.08 Å². The third-order valence-electron chi connectivity index (χ3n) is 5.16. The summed E-state index contributed by atoms with van der Waals surface area (Å²) in [6.07, 6.45) is 1.61. The normalized spacial score (nSPS) is 14.6. The Morgan fingerprint density at radius 1 is 1.09 bits per heavy atom. The van der Waals surface area contributed by atoms with Crippen molar-refractivity contribution < 1.29 is 19.2 Å². The van der Waals surface area contributed by atoms with Crippen molar-refractivity contribution in [3.05, 3.63) is 108 Å². The zero-order valence-corrected chi connectivity index (χ0v) is 20.5. The van der Waals surface area contributed by atoms with Crippen LogP contribution in [-0.4, -0.2) is 21.0 Å². The lowest BCUT2D eigenvalue weighted by Gasteiger charge is -2.13. The van der Waals surface area contributed by atoms with Crippen LogP contribution in [0.3, 0.4) is 0 Å². The zero-order chi connectivity index (χ0) is 24.2. The monoisotopic (exact) mass is 538 g/mol. The van der Waals surface area contributed by atoms with Crippen molar-refractivity contribution in [1.82, 2.24) is 4.90 Å². The van der Waals surface area contributed by atoms with Gasteiger partial charge in [0.25, 0.3) is 16.8 Å². The van der Waals surface area contributed by atoms with Gasteiger partial charge in [0.05, 0.1) is 21.9 Å². The lowest BCUT2D eigenvalue weighted by atomic mass is 10.1. The Kier molecular flexibility index (Phi) is 7.14. The van der Waals surface area contributed by atoms with Crippen LogP contribution in [0.5, 0.6) is 5.75 Å². The minimum atomic E-state index is -0.453. The highest BCUT2D eigenvalue weighted by Crippen LogP contribution is 2.36. The molecule has 0 saturated carbocycles. The molecule has 1 saturated heterocycles. The molecule has 9 heteroatoms. The summed E-state index contributed by atoms with van der Waals surface area (Å²) in [5.74, 6) is 0.0619. The fourth-order valence-corrected chi connectivity index (χ4v) is 4.59. The first kappa shape index (κ1) is 23.7. The molecule has 0 aliphatic carbocycles. The Balaban J connectivity index is 1.56. The fraction of sp³-hybridized carbons (Fsp3) is 0.120. The highest BCUT2D eigenvalue weighted by atomic mass is 79.9. The summed E-state index contributed by atoms with van der Waals surface area (Å²) in [4.78, 5) is 37.8. The Morgan fingerprint density at radius 2 is 1.82 bits per heavy atom. The smallest absolute Gasteiger partial charge is 0.293 e. The van der Waals surface area contributed by atoms with E-state index in [0.717, 1.165) is 27.4 Å². The SMILES string of the molecule is Cc1ccc(CN2C(=O)S/C(=C\c3cc(Br)ccc3OCc3ccccc3[N+](=O)[O-])C2=O)cc1. The van der Waals surface area contributed by atoms with Crippen LogP contribution >= 0.6 is 27.7 Å². The van der Waals surface area contributed by atoms with E-state index in [0.29, 0.717) is 16.9 Å². The average Bonchev–Trinajstić information content (AvgIpc) is 3.07. The zero-order valence-electron chi connectivity index (χ0n) is 18.1. The number of benzene rings is 3. The molecule has 0 N–H and O–H groups in total. The van der Waals surface area contributed by atoms with E-state index >= 15 is 0 Å². The van der Waals surface area contributed by atoms with Crippen molar-refractivity contribution in [2.45, 2.75) is 20.1 Å². The van der Waals surface area contributed by atoms with Crippen molar-refractivity contribution in [3.63, 3.8) is 0 Å². The van der Waals surface area contributed by atoms with E-state index in [2.05, 4.69) is 15.9 Å². The largest absolute Gasteiger partial charge is 0.488 e. The van der Waals surface area contributed by atoms with Crippen molar-refractivity contribution in [1.29, 1.82) is 0 Å². The molecule has 0 bridgehead atoms. The minimum absolute atomic E-state index is 0.0193. The van der Waals surface area contributed by atoms with Crippen molar-refractivity contribution in [3.8, 4) is 5.75 Å². The molecule has 0 atom stereocenters. The summed E-state index contributed by atoms with van der Waals surface area (Å²) in [5.41, 5.74) is 2.94. The number of thioether (sulfide) groups is 1. The van der Waals surface area contributed by atoms with Crippen molar-refractivity contribution in [2.24, 2.45) is 0 Å². The van der Waals surface area contributed by atoms with Gasteiger partial charge in [0.15, 0.2) is 0 Å². The molecule has 1 aliphatic rings. The number of ether oxygens (including phenoxy) is 1. The van der Waals surface area contributed by atoms with Crippen LogP contribution in [0.4, 0.5) is 10.5 Å². The first-order valence-electron chi connectivity index (χ1n) is 10.3. The third kappa shape index (κ3) is 5.37. The second kappa shape index (κ2) is 10.2. The predicted molar refractivity (Wildman–Crippen MR) is 134 cm³/mol. The molecule has 172 valence electrons. The molecule has 1 aliphatic heterocycles. The first-order valence-corrected chi connectivity index (χ1v) is 11.9. The average molecular weight is 539 g/mol. The molecule has 0 radical (unpaired) electrons. The highest BCUT2D eigenvalue weighted by Gasteiger charge is 2.35. The molecule has 3 aromatic carbocycles. The number of halogens is 1. The van der Waals surface area contributed by atoms with Crippen molar-refractivity contribution in [2.75, 3.05) is 0 Å². The van der Waals surface area contributed by atoms with E-state index < -0.39 is 4.92 Å². The lowest BCUT2D eigenvalue weighted by Crippen LogP contribution is -2.27. The predicted octanol–water partition coefficient (Wildman–Crippen LogP) is 6.48. The Labute approximate surface area is 208 Å². The standard InChI is InChI=1S/C25H19BrN2O5S/c1-16-6-8-17(9-7-16)14-27-24(29)23(34-25(27)30)13-19-12-20(26)10-11-22(19)33-15-18-4-2-3-5-21(18)28(31)32/h2-13H,14-15H2,1H3/b23-13-. The molecule has 4 rings (SSSR count). The summed E-state index contributed by atoms with van der Waals surface area (Å²) >= 11 is 4.29. The van der Waals surface area contributed by atoms with Crippen LogP contribution in [0.1, 0.15) is 22.3 Å². The lowest BCUT2D eigenvalue weighted by molar-refractivity contribution is -0.385. The molecule has 0 unspecified atom stereocenters. The molecule has 1 heterocycles. The fourth-order valence-electron chi connectivity index (χ4n) is 3.38. The number of nitro benzene ring substituents is 1. The number of hydrogen-bond acceptors (Lipinski definition) is 6. The number of carbonyl (C=O) groups excluding carboxylic acids is 2. The number of imide groups is 1. The van der Waals surface area contributed by atoms with Crippen LogP contribution in [0, 0.1) is 17.0 Å². The molecular weight excluding hydrogens is 520 g/mol. The molecule has 0 spiro atoms. The number of amides is 2. The highest BCUT2D eigenvalue weighted by molar-refractivity contribution is 9.10. The van der Waals surface area contributed by atoms with Crippen molar-refractivity contribution >= 4 is 50.6 Å². The van der Waals surface area contributed by atoms with E-state index in [4.69, 9.17) is 4.74 Å². The third-order valence-corrected chi connectivity index (χ3v) is 6.57. The van der Waals surface area contributed by atoms with Gasteiger partial charge < -0.3 is 4.74 Å². The van der Waals surface area contributed by atoms with E-state index in [9.17, 15) is 19.7 Å². The number of nitrogens with zero attached hydrogens (tertiary/aromatic N) is 2. The number of nitro groups is 1. The van der Waals surface area contributed by atoms with Gasteiger partial charge in [-0.2, -0.15) is 0 Å². The van der Waals surface area contributed by atoms with Gasteiger partial charge in [-0.25, -0.2) is 0 Å². The van der Waals surface area contributed by atoms with Crippen LogP contribution in [0.15, 0.2) is 76.1 Å². The Bertz CT molecular complexity index is 1310. The molecule has 1 fully saturated rings. The maximum Gasteiger partial charge on any atom is 0.293 e. The van der Waals surface area contributed by atoms with Gasteiger partial charge in [0.1, 0.15) is 12.4 Å². The number of rotatable bonds is 7.